The zero-order valence-corrected chi connectivity index (χ0v) is 10.1. The van der Waals surface area contributed by atoms with Gasteiger partial charge in [0.05, 0.1) is 0 Å². The minimum Gasteiger partial charge on any atom is -0.278 e. The topological polar surface area (TPSA) is 27.1 Å². The summed E-state index contributed by atoms with van der Waals surface area (Å²) in [7, 11) is 0. The molecule has 0 aromatic rings. The highest BCUT2D eigenvalue weighted by Gasteiger charge is 2.91. The molecule has 1 N–H and O–H groups in total. The second-order valence-electron chi connectivity index (χ2n) is 3.95. The Morgan fingerprint density at radius 3 is 1.08 bits per heavy atom. The van der Waals surface area contributed by atoms with Crippen molar-refractivity contribution in [3.8, 4) is 0 Å². The lowest BCUT2D eigenvalue weighted by Crippen LogP contribution is -2.71. The van der Waals surface area contributed by atoms with Crippen LogP contribution in [-0.4, -0.2) is 47.0 Å². The predicted molar refractivity (Wildman–Crippen MR) is 42.6 cm³/mol. The summed E-state index contributed by atoms with van der Waals surface area (Å²) in [4.78, 5) is 0. The highest BCUT2D eigenvalue weighted by atomic mass is 19.4. The van der Waals surface area contributed by atoms with Gasteiger partial charge in [0, 0.05) is 0 Å². The Kier molecular flexibility index (Phi) is 5.11. The lowest BCUT2D eigenvalue weighted by molar-refractivity contribution is -0.435. The van der Waals surface area contributed by atoms with Crippen molar-refractivity contribution in [2.45, 2.75) is 35.8 Å². The maximum absolute atomic E-state index is 12.8. The van der Waals surface area contributed by atoms with Crippen LogP contribution in [0.25, 0.3) is 0 Å². The lowest BCUT2D eigenvalue weighted by Gasteiger charge is -2.39. The number of rotatable bonds is 5. The average molecular weight is 398 g/mol. The van der Waals surface area contributed by atoms with Crippen molar-refractivity contribution in [2.75, 3.05) is 0 Å². The molecule has 17 heteroatoms. The Hall–Kier alpha value is -1.58. The molecule has 2 nitrogen and oxygen atoms in total. The van der Waals surface area contributed by atoms with Crippen molar-refractivity contribution < 1.29 is 66.0 Å². The van der Waals surface area contributed by atoms with E-state index in [1.165, 1.54) is 0 Å². The predicted octanol–water partition coefficient (Wildman–Crippen LogP) is 4.77. The van der Waals surface area contributed by atoms with Gasteiger partial charge in [-0.2, -0.15) is 57.1 Å². The number of hydrogen-bond donors (Lipinski definition) is 1. The molecular weight excluding hydrogens is 397 g/mol. The van der Waals surface area contributed by atoms with Gasteiger partial charge in [-0.3, -0.25) is 5.41 Å². The molecule has 0 saturated carbocycles. The SMILES string of the molecule is N=C(N(F)F)C(F)(F)C(F)(F)C(F)(F)C(F)(F)C(F)(F)C(F)(F)F. The number of halogens is 15. The van der Waals surface area contributed by atoms with Gasteiger partial charge in [-0.05, 0) is 5.34 Å². The van der Waals surface area contributed by atoms with E-state index >= 15 is 0 Å². The summed E-state index contributed by atoms with van der Waals surface area (Å²) >= 11 is 0. The maximum atomic E-state index is 12.8. The molecule has 24 heavy (non-hydrogen) atoms. The van der Waals surface area contributed by atoms with Crippen LogP contribution in [0.3, 0.4) is 0 Å². The highest BCUT2D eigenvalue weighted by molar-refractivity contribution is 5.85. The first kappa shape index (κ1) is 22.4. The fourth-order valence-corrected chi connectivity index (χ4v) is 1.02. The van der Waals surface area contributed by atoms with Gasteiger partial charge >= 0.3 is 35.8 Å². The Balaban J connectivity index is 6.36. The van der Waals surface area contributed by atoms with E-state index in [1.807, 2.05) is 0 Å². The first-order chi connectivity index (χ1) is 10.1. The summed E-state index contributed by atoms with van der Waals surface area (Å²) < 4.78 is 185. The van der Waals surface area contributed by atoms with Crippen LogP contribution in [0, 0.1) is 5.41 Å². The van der Waals surface area contributed by atoms with Crippen LogP contribution in [0.2, 0.25) is 0 Å². The maximum Gasteiger partial charge on any atom is 0.460 e. The summed E-state index contributed by atoms with van der Waals surface area (Å²) in [6, 6.07) is 0. The normalized spacial score (nSPS) is 15.5. The monoisotopic (exact) mass is 398 g/mol. The first-order valence-corrected chi connectivity index (χ1v) is 4.77. The Bertz CT molecular complexity index is 489. The zero-order valence-electron chi connectivity index (χ0n) is 10.1. The van der Waals surface area contributed by atoms with Crippen LogP contribution in [0.4, 0.5) is 66.0 Å². The number of nitrogens with zero attached hydrogens (tertiary/aromatic N) is 1. The van der Waals surface area contributed by atoms with Crippen LogP contribution in [-0.2, 0) is 0 Å². The molecule has 0 bridgehead atoms. The highest BCUT2D eigenvalue weighted by Crippen LogP contribution is 2.60. The van der Waals surface area contributed by atoms with E-state index in [1.54, 1.807) is 0 Å². The van der Waals surface area contributed by atoms with Crippen molar-refractivity contribution in [2.24, 2.45) is 0 Å². The second kappa shape index (κ2) is 5.47. The average Bonchev–Trinajstić information content (AvgIpc) is 2.35. The van der Waals surface area contributed by atoms with Gasteiger partial charge in [0.2, 0.25) is 5.84 Å². The van der Waals surface area contributed by atoms with E-state index in [-0.39, 0.29) is 0 Å². The molecule has 0 unspecified atom stereocenters. The van der Waals surface area contributed by atoms with Gasteiger partial charge in [0.1, 0.15) is 0 Å². The molecular formula is C7HF15N2. The largest absolute Gasteiger partial charge is 0.460 e. The smallest absolute Gasteiger partial charge is 0.278 e. The Morgan fingerprint density at radius 1 is 0.542 bits per heavy atom. The first-order valence-electron chi connectivity index (χ1n) is 4.77. The summed E-state index contributed by atoms with van der Waals surface area (Å²) in [5.41, 5.74) is 0. The van der Waals surface area contributed by atoms with Crippen LogP contribution in [0.1, 0.15) is 0 Å². The van der Waals surface area contributed by atoms with E-state index in [2.05, 4.69) is 0 Å². The van der Waals surface area contributed by atoms with Crippen molar-refractivity contribution in [3.63, 3.8) is 0 Å². The van der Waals surface area contributed by atoms with Gasteiger partial charge in [-0.25, -0.2) is 0 Å². The van der Waals surface area contributed by atoms with Gasteiger partial charge in [0.15, 0.2) is 0 Å². The Labute approximate surface area is 120 Å². The van der Waals surface area contributed by atoms with Crippen LogP contribution < -0.4 is 0 Å². The quantitative estimate of drug-likeness (QED) is 0.307. The Morgan fingerprint density at radius 2 is 0.833 bits per heavy atom. The third-order valence-corrected chi connectivity index (χ3v) is 2.40. The van der Waals surface area contributed by atoms with Gasteiger partial charge in [0.25, 0.3) is 0 Å². The lowest BCUT2D eigenvalue weighted by atomic mass is 9.93. The van der Waals surface area contributed by atoms with Crippen molar-refractivity contribution in [3.05, 3.63) is 0 Å². The van der Waals surface area contributed by atoms with Gasteiger partial charge in [-0.1, -0.05) is 8.96 Å². The molecule has 0 rings (SSSR count). The fraction of sp³-hybridized carbons (Fsp3) is 0.857. The molecule has 0 aliphatic rings. The summed E-state index contributed by atoms with van der Waals surface area (Å²) in [6.45, 7) is 0. The zero-order chi connectivity index (χ0) is 20.2. The standard InChI is InChI=1S/C7HF15N2/c8-2(9,1(23)24(21)22)3(10,11)4(12,13)5(14,15)6(16,17)7(18,19)20/h23H. The number of amidine groups is 1. The summed E-state index contributed by atoms with van der Waals surface area (Å²) in [5, 5.41) is 2.46. The molecule has 0 radical (unpaired) electrons. The molecule has 0 heterocycles. The van der Waals surface area contributed by atoms with E-state index in [9.17, 15) is 66.0 Å². The van der Waals surface area contributed by atoms with E-state index in [0.717, 1.165) is 0 Å². The minimum absolute atomic E-state index is 3.26. The molecule has 0 amide bonds. The van der Waals surface area contributed by atoms with E-state index in [4.69, 9.17) is 5.41 Å². The van der Waals surface area contributed by atoms with Crippen molar-refractivity contribution >= 4 is 5.84 Å². The van der Waals surface area contributed by atoms with Crippen LogP contribution >= 0.6 is 0 Å². The molecule has 0 fully saturated rings. The molecule has 0 aromatic heterocycles. The molecule has 0 aliphatic heterocycles. The molecule has 0 aromatic carbocycles. The van der Waals surface area contributed by atoms with Gasteiger partial charge in [-0.15, -0.1) is 0 Å². The van der Waals surface area contributed by atoms with E-state index in [0.29, 0.717) is 0 Å². The van der Waals surface area contributed by atoms with E-state index < -0.39 is 47.0 Å². The second-order valence-corrected chi connectivity index (χ2v) is 3.95. The molecule has 0 aliphatic carbocycles. The molecule has 0 saturated heterocycles. The summed E-state index contributed by atoms with van der Waals surface area (Å²) in [6.07, 6.45) is -7.59. The molecule has 0 spiro atoms. The van der Waals surface area contributed by atoms with Crippen LogP contribution in [0.15, 0.2) is 0 Å². The third kappa shape index (κ3) is 2.70. The number of nitrogens with one attached hydrogen (secondary N) is 1. The fourth-order valence-electron chi connectivity index (χ4n) is 1.02. The number of alkyl halides is 13. The number of hydrogen-bond acceptors (Lipinski definition) is 1. The summed E-state index contributed by atoms with van der Waals surface area (Å²) in [5.74, 6) is -43.6. The van der Waals surface area contributed by atoms with Crippen molar-refractivity contribution in [1.29, 1.82) is 5.41 Å². The van der Waals surface area contributed by atoms with Crippen molar-refractivity contribution in [1.82, 2.24) is 5.34 Å². The molecule has 0 atom stereocenters. The third-order valence-electron chi connectivity index (χ3n) is 2.40. The minimum atomic E-state index is -8.20. The van der Waals surface area contributed by atoms with Crippen LogP contribution in [0.5, 0.6) is 0 Å². The molecule has 144 valence electrons. The van der Waals surface area contributed by atoms with Gasteiger partial charge < -0.3 is 0 Å².